The number of fused-ring (bicyclic) bond motifs is 1. The van der Waals surface area contributed by atoms with Gasteiger partial charge in [-0.2, -0.15) is 5.10 Å². The fourth-order valence-electron chi connectivity index (χ4n) is 4.95. The van der Waals surface area contributed by atoms with E-state index in [2.05, 4.69) is 17.5 Å². The second-order valence-electron chi connectivity index (χ2n) is 8.64. The van der Waals surface area contributed by atoms with E-state index in [1.165, 1.54) is 17.7 Å². The van der Waals surface area contributed by atoms with E-state index in [-0.39, 0.29) is 28.5 Å². The van der Waals surface area contributed by atoms with Crippen molar-refractivity contribution in [2.75, 3.05) is 5.43 Å². The second kappa shape index (κ2) is 7.81. The summed E-state index contributed by atoms with van der Waals surface area (Å²) in [5, 5.41) is 26.1. The zero-order chi connectivity index (χ0) is 23.2. The maximum atomic E-state index is 12.9. The van der Waals surface area contributed by atoms with Crippen LogP contribution in [0.2, 0.25) is 0 Å². The molecule has 3 aliphatic rings. The summed E-state index contributed by atoms with van der Waals surface area (Å²) in [5.74, 6) is 0.270. The van der Waals surface area contributed by atoms with Crippen molar-refractivity contribution in [3.63, 3.8) is 0 Å². The van der Waals surface area contributed by atoms with Crippen molar-refractivity contribution < 1.29 is 14.6 Å². The molecule has 1 N–H and O–H groups in total. The Morgan fingerprint density at radius 1 is 1.22 bits per heavy atom. The fourth-order valence-corrected chi connectivity index (χ4v) is 4.95. The van der Waals surface area contributed by atoms with Crippen LogP contribution in [0, 0.1) is 31.6 Å². The van der Waals surface area contributed by atoms with Crippen molar-refractivity contribution in [3.8, 4) is 0 Å². The molecule has 0 saturated heterocycles. The van der Waals surface area contributed by atoms with Crippen LogP contribution in [0.1, 0.15) is 46.5 Å². The first kappa shape index (κ1) is 21.6. The number of benzene rings is 1. The fraction of sp³-hybridized carbons (Fsp3) is 0.391. The maximum absolute atomic E-state index is 12.9. The number of allylic oxidation sites excluding steroid dienone is 6. The van der Waals surface area contributed by atoms with Crippen LogP contribution in [-0.4, -0.2) is 21.8 Å². The van der Waals surface area contributed by atoms with Crippen molar-refractivity contribution in [1.82, 2.24) is 0 Å². The number of nitrogens with zero attached hydrogens (tertiary/aromatic N) is 3. The van der Waals surface area contributed by atoms with E-state index in [4.69, 9.17) is 0 Å². The smallest absolute Gasteiger partial charge is 0.294 e. The summed E-state index contributed by atoms with van der Waals surface area (Å²) < 4.78 is 0. The van der Waals surface area contributed by atoms with Crippen LogP contribution in [0.15, 0.2) is 57.2 Å². The summed E-state index contributed by atoms with van der Waals surface area (Å²) in [6, 6.07) is 3.36. The highest BCUT2D eigenvalue weighted by molar-refractivity contribution is 6.07. The van der Waals surface area contributed by atoms with Gasteiger partial charge >= 0.3 is 5.69 Å². The van der Waals surface area contributed by atoms with Crippen LogP contribution in [0.3, 0.4) is 0 Å². The number of anilines is 1. The van der Waals surface area contributed by atoms with Gasteiger partial charge in [0, 0.05) is 29.2 Å². The normalized spacial score (nSPS) is 21.3. The summed E-state index contributed by atoms with van der Waals surface area (Å²) in [7, 11) is 0. The zero-order valence-electron chi connectivity index (χ0n) is 18.2. The molecule has 0 unspecified atom stereocenters. The van der Waals surface area contributed by atoms with Gasteiger partial charge < -0.3 is 0 Å². The molecule has 0 radical (unpaired) electrons. The highest BCUT2D eigenvalue weighted by Crippen LogP contribution is 2.63. The van der Waals surface area contributed by atoms with E-state index in [1.54, 1.807) is 6.21 Å². The molecule has 0 amide bonds. The largest absolute Gasteiger partial charge is 0.301 e. The van der Waals surface area contributed by atoms with E-state index in [0.29, 0.717) is 12.8 Å². The summed E-state index contributed by atoms with van der Waals surface area (Å²) in [4.78, 5) is 33.6. The third-order valence-corrected chi connectivity index (χ3v) is 6.99. The van der Waals surface area contributed by atoms with Gasteiger partial charge in [0.15, 0.2) is 5.78 Å². The maximum Gasteiger partial charge on any atom is 0.301 e. The molecular weight excluding hydrogens is 412 g/mol. The Morgan fingerprint density at radius 3 is 2.56 bits per heavy atom. The van der Waals surface area contributed by atoms with Gasteiger partial charge in [-0.15, -0.1) is 0 Å². The van der Waals surface area contributed by atoms with Crippen LogP contribution >= 0.6 is 0 Å². The minimum Gasteiger partial charge on any atom is -0.294 e. The van der Waals surface area contributed by atoms with Gasteiger partial charge in [-0.3, -0.25) is 30.4 Å². The van der Waals surface area contributed by atoms with Gasteiger partial charge in [-0.25, -0.2) is 0 Å². The molecule has 1 atom stereocenters. The number of non-ortho nitro benzene ring substituents is 1. The van der Waals surface area contributed by atoms with Gasteiger partial charge in [-0.1, -0.05) is 12.5 Å². The molecule has 9 heteroatoms. The molecule has 9 nitrogen and oxygen atoms in total. The number of nitro groups is 2. The van der Waals surface area contributed by atoms with E-state index < -0.39 is 15.5 Å². The Hall–Kier alpha value is -3.62. The van der Waals surface area contributed by atoms with Crippen molar-refractivity contribution >= 4 is 29.1 Å². The molecule has 1 aromatic carbocycles. The van der Waals surface area contributed by atoms with Crippen LogP contribution < -0.4 is 5.43 Å². The molecule has 1 saturated carbocycles. The predicted octanol–water partition coefficient (Wildman–Crippen LogP) is 5.25. The molecule has 0 bridgehead atoms. The molecule has 32 heavy (non-hydrogen) atoms. The number of nitrogens with one attached hydrogen (secondary N) is 1. The van der Waals surface area contributed by atoms with Crippen molar-refractivity contribution in [3.05, 3.63) is 72.4 Å². The number of hydrogen-bond donors (Lipinski definition) is 1. The van der Waals surface area contributed by atoms with Crippen molar-refractivity contribution in [1.29, 1.82) is 0 Å². The minimum absolute atomic E-state index is 0.0319. The minimum atomic E-state index is -0.686. The topological polar surface area (TPSA) is 128 Å². The zero-order valence-corrected chi connectivity index (χ0v) is 18.2. The van der Waals surface area contributed by atoms with Gasteiger partial charge in [0.2, 0.25) is 0 Å². The molecule has 166 valence electrons. The third kappa shape index (κ3) is 3.43. The lowest BCUT2D eigenvalue weighted by molar-refractivity contribution is -0.393. The monoisotopic (exact) mass is 436 g/mol. The van der Waals surface area contributed by atoms with Crippen LogP contribution in [0.25, 0.3) is 0 Å². The summed E-state index contributed by atoms with van der Waals surface area (Å²) >= 11 is 0. The number of hydrazone groups is 1. The quantitative estimate of drug-likeness (QED) is 0.353. The van der Waals surface area contributed by atoms with Gasteiger partial charge in [0.05, 0.1) is 15.9 Å². The van der Waals surface area contributed by atoms with Gasteiger partial charge in [0.1, 0.15) is 5.69 Å². The predicted molar refractivity (Wildman–Crippen MR) is 120 cm³/mol. The van der Waals surface area contributed by atoms with Crippen LogP contribution in [0.4, 0.5) is 17.1 Å². The number of ketones is 1. The van der Waals surface area contributed by atoms with Gasteiger partial charge in [-0.05, 0) is 68.4 Å². The van der Waals surface area contributed by atoms with E-state index in [9.17, 15) is 25.0 Å². The molecule has 1 fully saturated rings. The van der Waals surface area contributed by atoms with E-state index >= 15 is 0 Å². The van der Waals surface area contributed by atoms with Crippen molar-refractivity contribution in [2.24, 2.45) is 16.4 Å². The molecule has 4 rings (SSSR count). The molecule has 1 spiro atoms. The molecule has 0 aliphatic heterocycles. The Bertz CT molecular complexity index is 1170. The van der Waals surface area contributed by atoms with Crippen molar-refractivity contribution in [2.45, 2.75) is 46.5 Å². The Labute approximate surface area is 184 Å². The molecule has 3 aliphatic carbocycles. The standard InChI is InChI=1S/C23H24N4O5/c1-13-11-18-21(14(2)23(8-9-23)15(3)22(18)28)17(13)5-4-10-24-25-19-7-6-16(26(29)30)12-20(19)27(31)32/h6-7,10-12,15,25H,4-5,8-9H2,1-3H3/t15-/m1/s1. The number of rotatable bonds is 7. The third-order valence-electron chi connectivity index (χ3n) is 6.99. The first-order chi connectivity index (χ1) is 15.2. The summed E-state index contributed by atoms with van der Waals surface area (Å²) in [6.45, 7) is 6.22. The Morgan fingerprint density at radius 2 is 1.94 bits per heavy atom. The molecule has 1 aromatic rings. The lowest BCUT2D eigenvalue weighted by Gasteiger charge is -2.32. The van der Waals surface area contributed by atoms with Crippen LogP contribution in [0.5, 0.6) is 0 Å². The highest BCUT2D eigenvalue weighted by atomic mass is 16.6. The lowest BCUT2D eigenvalue weighted by Crippen LogP contribution is -2.31. The Balaban J connectivity index is 1.45. The number of carbonyl (C=O) groups is 1. The summed E-state index contributed by atoms with van der Waals surface area (Å²) in [5.41, 5.74) is 7.47. The first-order valence-corrected chi connectivity index (χ1v) is 10.6. The second-order valence-corrected chi connectivity index (χ2v) is 8.64. The SMILES string of the molecule is CC1=C(CCC=NNc2ccc([N+](=O)[O-])cc2[N+](=O)[O-])C2=C(C)C3(CC3)[C@H](C)C(=O)C2=C1. The Kier molecular flexibility index (Phi) is 5.28. The van der Waals surface area contributed by atoms with Gasteiger partial charge in [0.25, 0.3) is 5.69 Å². The number of Topliss-reactive ketones (excluding diaryl/α,β-unsaturated/α-hetero) is 1. The van der Waals surface area contributed by atoms with E-state index in [0.717, 1.165) is 41.2 Å². The first-order valence-electron chi connectivity index (χ1n) is 10.6. The van der Waals surface area contributed by atoms with E-state index in [1.807, 2.05) is 19.9 Å². The highest BCUT2D eigenvalue weighted by Gasteiger charge is 2.56. The molecular formula is C23H24N4O5. The molecule has 0 aromatic heterocycles. The number of carbonyl (C=O) groups excluding carboxylic acids is 1. The summed E-state index contributed by atoms with van der Waals surface area (Å²) in [6.07, 6.45) is 7.03. The average Bonchev–Trinajstić information content (AvgIpc) is 3.49. The molecule has 0 heterocycles. The lowest BCUT2D eigenvalue weighted by atomic mass is 9.70. The van der Waals surface area contributed by atoms with Crippen LogP contribution in [-0.2, 0) is 4.79 Å². The number of nitro benzene ring substituents is 2. The number of hydrogen-bond acceptors (Lipinski definition) is 7. The average molecular weight is 436 g/mol.